The van der Waals surface area contributed by atoms with E-state index in [1.807, 2.05) is 12.1 Å². The minimum atomic E-state index is -0.766. The normalized spacial score (nSPS) is 19.8. The highest BCUT2D eigenvalue weighted by molar-refractivity contribution is 9.10. The fourth-order valence-electron chi connectivity index (χ4n) is 2.09. The lowest BCUT2D eigenvalue weighted by molar-refractivity contribution is -0.137. The molecule has 0 aromatic heterocycles. The Morgan fingerprint density at radius 2 is 2.39 bits per heavy atom. The Labute approximate surface area is 115 Å². The quantitative estimate of drug-likeness (QED) is 0.928. The molecule has 1 aliphatic heterocycles. The maximum Gasteiger partial charge on any atom is 0.303 e. The molecule has 0 saturated carbocycles. The molecule has 1 aromatic rings. The monoisotopic (exact) mass is 313 g/mol. The third kappa shape index (κ3) is 3.71. The van der Waals surface area contributed by atoms with Crippen LogP contribution in [0.4, 0.5) is 5.69 Å². The highest BCUT2D eigenvalue weighted by Crippen LogP contribution is 2.22. The van der Waals surface area contributed by atoms with Crippen molar-refractivity contribution in [3.05, 3.63) is 28.7 Å². The number of carbonyl (C=O) groups is 1. The summed E-state index contributed by atoms with van der Waals surface area (Å²) in [6.07, 6.45) is 0.741. The van der Waals surface area contributed by atoms with E-state index in [9.17, 15) is 4.79 Å². The van der Waals surface area contributed by atoms with Gasteiger partial charge >= 0.3 is 5.97 Å². The van der Waals surface area contributed by atoms with E-state index in [1.165, 1.54) is 0 Å². The average Bonchev–Trinajstić information content (AvgIpc) is 2.37. The van der Waals surface area contributed by atoms with E-state index < -0.39 is 5.97 Å². The van der Waals surface area contributed by atoms with Gasteiger partial charge in [-0.05, 0) is 24.6 Å². The summed E-state index contributed by atoms with van der Waals surface area (Å²) in [7, 11) is 0. The number of ether oxygens (including phenoxy) is 1. The van der Waals surface area contributed by atoms with Gasteiger partial charge in [0.2, 0.25) is 0 Å². The molecular weight excluding hydrogens is 298 g/mol. The Kier molecular flexibility index (Phi) is 4.60. The van der Waals surface area contributed by atoms with E-state index in [-0.39, 0.29) is 12.5 Å². The zero-order valence-corrected chi connectivity index (χ0v) is 11.6. The zero-order valence-electron chi connectivity index (χ0n) is 10.0. The number of anilines is 1. The van der Waals surface area contributed by atoms with Crippen LogP contribution >= 0.6 is 15.9 Å². The molecule has 1 aromatic carbocycles. The van der Waals surface area contributed by atoms with Crippen LogP contribution < -0.4 is 4.90 Å². The third-order valence-electron chi connectivity index (χ3n) is 2.99. The second-order valence-corrected chi connectivity index (χ2v) is 5.27. The Hall–Kier alpha value is -1.07. The summed E-state index contributed by atoms with van der Waals surface area (Å²) in [5.74, 6) is -0.766. The summed E-state index contributed by atoms with van der Waals surface area (Å²) >= 11 is 3.46. The lowest BCUT2D eigenvalue weighted by Crippen LogP contribution is -2.42. The van der Waals surface area contributed by atoms with Crippen molar-refractivity contribution >= 4 is 27.6 Å². The van der Waals surface area contributed by atoms with Gasteiger partial charge < -0.3 is 14.7 Å². The first-order valence-corrected chi connectivity index (χ1v) is 6.78. The van der Waals surface area contributed by atoms with Crippen LogP contribution in [0.25, 0.3) is 0 Å². The highest BCUT2D eigenvalue weighted by Gasteiger charge is 2.21. The first-order chi connectivity index (χ1) is 8.65. The smallest absolute Gasteiger partial charge is 0.303 e. The number of hydrogen-bond acceptors (Lipinski definition) is 3. The minimum Gasteiger partial charge on any atom is -0.481 e. The van der Waals surface area contributed by atoms with Crippen LogP contribution in [0.3, 0.4) is 0 Å². The Bertz CT molecular complexity index is 424. The summed E-state index contributed by atoms with van der Waals surface area (Å²) in [5, 5.41) is 8.69. The summed E-state index contributed by atoms with van der Waals surface area (Å²) in [6, 6.07) is 8.12. The number of morpholine rings is 1. The van der Waals surface area contributed by atoms with Crippen LogP contribution in [0, 0.1) is 0 Å². The fourth-order valence-corrected chi connectivity index (χ4v) is 2.47. The third-order valence-corrected chi connectivity index (χ3v) is 3.49. The number of carboxylic acid groups (broad SMARTS) is 1. The van der Waals surface area contributed by atoms with Crippen molar-refractivity contribution in [2.75, 3.05) is 24.6 Å². The number of rotatable bonds is 4. The second kappa shape index (κ2) is 6.20. The molecule has 0 bridgehead atoms. The molecule has 5 heteroatoms. The molecule has 1 saturated heterocycles. The summed E-state index contributed by atoms with van der Waals surface area (Å²) in [6.45, 7) is 2.25. The number of carboxylic acids is 1. The van der Waals surface area contributed by atoms with E-state index in [0.717, 1.165) is 23.2 Å². The molecule has 0 spiro atoms. The van der Waals surface area contributed by atoms with Crippen molar-refractivity contribution < 1.29 is 14.6 Å². The number of halogens is 1. The van der Waals surface area contributed by atoms with Gasteiger partial charge in [-0.15, -0.1) is 0 Å². The lowest BCUT2D eigenvalue weighted by Gasteiger charge is -2.34. The zero-order chi connectivity index (χ0) is 13.0. The van der Waals surface area contributed by atoms with Crippen molar-refractivity contribution in [3.8, 4) is 0 Å². The number of aliphatic carboxylic acids is 1. The van der Waals surface area contributed by atoms with E-state index in [2.05, 4.69) is 33.0 Å². The van der Waals surface area contributed by atoms with Gasteiger partial charge in [0, 0.05) is 29.7 Å². The van der Waals surface area contributed by atoms with Crippen LogP contribution in [-0.2, 0) is 9.53 Å². The minimum absolute atomic E-state index is 0.00818. The SMILES string of the molecule is O=C(O)CCC1CN(c2cccc(Br)c2)CCO1. The maximum atomic E-state index is 10.6. The predicted molar refractivity (Wildman–Crippen MR) is 73.0 cm³/mol. The molecule has 18 heavy (non-hydrogen) atoms. The number of benzene rings is 1. The van der Waals surface area contributed by atoms with Gasteiger partial charge in [-0.25, -0.2) is 0 Å². The maximum absolute atomic E-state index is 10.6. The van der Waals surface area contributed by atoms with Gasteiger partial charge in [-0.3, -0.25) is 4.79 Å². The molecule has 98 valence electrons. The van der Waals surface area contributed by atoms with Crippen LogP contribution in [-0.4, -0.2) is 36.9 Å². The van der Waals surface area contributed by atoms with Gasteiger partial charge in [-0.2, -0.15) is 0 Å². The van der Waals surface area contributed by atoms with Crippen molar-refractivity contribution in [2.24, 2.45) is 0 Å². The summed E-state index contributed by atoms with van der Waals surface area (Å²) in [5.41, 5.74) is 1.15. The standard InChI is InChI=1S/C13H16BrNO3/c14-10-2-1-3-11(8-10)15-6-7-18-12(9-15)4-5-13(16)17/h1-3,8,12H,4-7,9H2,(H,16,17). The van der Waals surface area contributed by atoms with Crippen molar-refractivity contribution in [2.45, 2.75) is 18.9 Å². The van der Waals surface area contributed by atoms with Gasteiger partial charge in [0.05, 0.1) is 12.7 Å². The molecule has 4 nitrogen and oxygen atoms in total. The van der Waals surface area contributed by atoms with Gasteiger partial charge in [0.15, 0.2) is 0 Å². The highest BCUT2D eigenvalue weighted by atomic mass is 79.9. The molecule has 1 N–H and O–H groups in total. The molecule has 1 heterocycles. The largest absolute Gasteiger partial charge is 0.481 e. The van der Waals surface area contributed by atoms with Crippen LogP contribution in [0.2, 0.25) is 0 Å². The van der Waals surface area contributed by atoms with Crippen molar-refractivity contribution in [3.63, 3.8) is 0 Å². The summed E-state index contributed by atoms with van der Waals surface area (Å²) < 4.78 is 6.64. The second-order valence-electron chi connectivity index (χ2n) is 4.35. The number of hydrogen-bond donors (Lipinski definition) is 1. The van der Waals surface area contributed by atoms with Crippen molar-refractivity contribution in [1.29, 1.82) is 0 Å². The van der Waals surface area contributed by atoms with E-state index in [0.29, 0.717) is 13.0 Å². The molecule has 0 aliphatic carbocycles. The average molecular weight is 314 g/mol. The van der Waals surface area contributed by atoms with Gasteiger partial charge in [0.1, 0.15) is 0 Å². The molecule has 1 aliphatic rings. The van der Waals surface area contributed by atoms with Gasteiger partial charge in [0.25, 0.3) is 0 Å². The molecule has 2 rings (SSSR count). The predicted octanol–water partition coefficient (Wildman–Crippen LogP) is 2.52. The Morgan fingerprint density at radius 1 is 1.56 bits per heavy atom. The fraction of sp³-hybridized carbons (Fsp3) is 0.462. The van der Waals surface area contributed by atoms with E-state index in [1.54, 1.807) is 0 Å². The molecular formula is C13H16BrNO3. The van der Waals surface area contributed by atoms with E-state index in [4.69, 9.17) is 9.84 Å². The first kappa shape index (κ1) is 13.4. The molecule has 1 unspecified atom stereocenters. The summed E-state index contributed by atoms with van der Waals surface area (Å²) in [4.78, 5) is 12.8. The van der Waals surface area contributed by atoms with Crippen LogP contribution in [0.5, 0.6) is 0 Å². The lowest BCUT2D eigenvalue weighted by atomic mass is 10.1. The van der Waals surface area contributed by atoms with E-state index >= 15 is 0 Å². The Balaban J connectivity index is 1.96. The Morgan fingerprint density at radius 3 is 3.11 bits per heavy atom. The molecule has 1 atom stereocenters. The van der Waals surface area contributed by atoms with Crippen molar-refractivity contribution in [1.82, 2.24) is 0 Å². The number of nitrogens with zero attached hydrogens (tertiary/aromatic N) is 1. The first-order valence-electron chi connectivity index (χ1n) is 5.99. The topological polar surface area (TPSA) is 49.8 Å². The van der Waals surface area contributed by atoms with Crippen LogP contribution in [0.15, 0.2) is 28.7 Å². The molecule has 0 amide bonds. The molecule has 0 radical (unpaired) electrons. The molecule has 1 fully saturated rings. The van der Waals surface area contributed by atoms with Crippen LogP contribution in [0.1, 0.15) is 12.8 Å². The van der Waals surface area contributed by atoms with Gasteiger partial charge in [-0.1, -0.05) is 22.0 Å².